The van der Waals surface area contributed by atoms with Gasteiger partial charge in [-0.2, -0.15) is 5.10 Å². The molecule has 0 spiro atoms. The van der Waals surface area contributed by atoms with E-state index in [4.69, 9.17) is 37.8 Å². The molecule has 0 saturated carbocycles. The molecule has 1 atom stereocenters. The van der Waals surface area contributed by atoms with Crippen LogP contribution in [0.5, 0.6) is 11.5 Å². The van der Waals surface area contributed by atoms with Gasteiger partial charge in [0.1, 0.15) is 23.8 Å². The van der Waals surface area contributed by atoms with E-state index in [2.05, 4.69) is 31.9 Å². The average molecular weight is 553 g/mol. The molecule has 1 aromatic heterocycles. The van der Waals surface area contributed by atoms with Crippen molar-refractivity contribution in [2.75, 3.05) is 6.61 Å². The van der Waals surface area contributed by atoms with E-state index in [1.54, 1.807) is 28.9 Å². The van der Waals surface area contributed by atoms with Gasteiger partial charge in [-0.1, -0.05) is 56.1 Å². The van der Waals surface area contributed by atoms with Crippen molar-refractivity contribution in [3.05, 3.63) is 105 Å². The normalized spacial score (nSPS) is 12.0. The van der Waals surface area contributed by atoms with Crippen LogP contribution in [0.3, 0.4) is 0 Å². The minimum Gasteiger partial charge on any atom is -0.493 e. The van der Waals surface area contributed by atoms with Crippen LogP contribution in [0.1, 0.15) is 65.3 Å². The smallest absolute Gasteiger partial charge is 0.335 e. The van der Waals surface area contributed by atoms with Crippen LogP contribution >= 0.6 is 23.2 Å². The third kappa shape index (κ3) is 6.14. The predicted molar refractivity (Wildman–Crippen MR) is 150 cm³/mol. The minimum absolute atomic E-state index is 0.125. The predicted octanol–water partition coefficient (Wildman–Crippen LogP) is 8.07. The fourth-order valence-corrected chi connectivity index (χ4v) is 4.90. The Labute approximate surface area is 232 Å². The number of carbonyl (C=O) groups is 1. The summed E-state index contributed by atoms with van der Waals surface area (Å²) in [7, 11) is 0. The summed E-state index contributed by atoms with van der Waals surface area (Å²) >= 11 is 12.9. The van der Waals surface area contributed by atoms with Crippen LogP contribution < -0.4 is 9.47 Å². The minimum atomic E-state index is -0.958. The molecule has 0 amide bonds. The Hall–Kier alpha value is -3.48. The first-order valence-corrected chi connectivity index (χ1v) is 13.1. The lowest BCUT2D eigenvalue weighted by Gasteiger charge is -2.18. The maximum Gasteiger partial charge on any atom is 0.335 e. The third-order valence-electron chi connectivity index (χ3n) is 6.42. The highest BCUT2D eigenvalue weighted by atomic mass is 35.5. The lowest BCUT2D eigenvalue weighted by molar-refractivity contribution is 0.0697. The fraction of sp³-hybridized carbons (Fsp3) is 0.267. The molecular formula is C30H30Cl2N2O4. The molecule has 0 radical (unpaired) electrons. The molecular weight excluding hydrogens is 523 g/mol. The van der Waals surface area contributed by atoms with Crippen LogP contribution in [0.4, 0.5) is 0 Å². The maximum absolute atomic E-state index is 11.0. The largest absolute Gasteiger partial charge is 0.493 e. The standard InChI is InChI=1S/C30H30Cl2N2O4/c1-18(2)25-15-33-34(29-26(31)6-5-7-27(29)32)28(25)17-38-23-12-13-24(19(3)14-23)20(4)16-37-22-10-8-21(9-11-22)30(35)36/h5-15,18,20H,16-17H2,1-4H3,(H,35,36). The highest BCUT2D eigenvalue weighted by molar-refractivity contribution is 6.37. The summed E-state index contributed by atoms with van der Waals surface area (Å²) in [5.41, 5.74) is 5.07. The van der Waals surface area contributed by atoms with Gasteiger partial charge in [0.25, 0.3) is 0 Å². The monoisotopic (exact) mass is 552 g/mol. The number of hydrogen-bond acceptors (Lipinski definition) is 4. The van der Waals surface area contributed by atoms with Crippen LogP contribution in [-0.2, 0) is 6.61 Å². The van der Waals surface area contributed by atoms with Crippen molar-refractivity contribution in [3.8, 4) is 17.2 Å². The Kier molecular flexibility index (Phi) is 8.65. The average Bonchev–Trinajstić information content (AvgIpc) is 3.30. The van der Waals surface area contributed by atoms with Gasteiger partial charge in [0.2, 0.25) is 0 Å². The summed E-state index contributed by atoms with van der Waals surface area (Å²) in [6, 6.07) is 17.8. The van der Waals surface area contributed by atoms with Crippen molar-refractivity contribution in [2.45, 2.75) is 46.1 Å². The zero-order chi connectivity index (χ0) is 27.4. The summed E-state index contributed by atoms with van der Waals surface area (Å²) in [4.78, 5) is 11.0. The molecule has 3 aromatic carbocycles. The number of aromatic nitrogens is 2. The Balaban J connectivity index is 1.47. The van der Waals surface area contributed by atoms with E-state index in [1.807, 2.05) is 31.3 Å². The van der Waals surface area contributed by atoms with Gasteiger partial charge >= 0.3 is 5.97 Å². The van der Waals surface area contributed by atoms with Crippen LogP contribution in [-0.4, -0.2) is 27.5 Å². The molecule has 1 unspecified atom stereocenters. The quantitative estimate of drug-likeness (QED) is 0.215. The van der Waals surface area contributed by atoms with Crippen molar-refractivity contribution in [1.29, 1.82) is 0 Å². The number of rotatable bonds is 10. The molecule has 8 heteroatoms. The molecule has 0 saturated heterocycles. The SMILES string of the molecule is Cc1cc(OCc2c(C(C)C)cnn2-c2c(Cl)cccc2Cl)ccc1C(C)COc1ccc(C(=O)O)cc1. The first-order valence-electron chi connectivity index (χ1n) is 12.4. The number of nitrogens with zero attached hydrogens (tertiary/aromatic N) is 2. The second-order valence-electron chi connectivity index (χ2n) is 9.53. The molecule has 0 aliphatic heterocycles. The summed E-state index contributed by atoms with van der Waals surface area (Å²) < 4.78 is 13.9. The molecule has 4 aromatic rings. The summed E-state index contributed by atoms with van der Waals surface area (Å²) in [6.45, 7) is 9.13. The van der Waals surface area contributed by atoms with E-state index in [0.717, 1.165) is 28.1 Å². The van der Waals surface area contributed by atoms with E-state index in [0.29, 0.717) is 34.7 Å². The van der Waals surface area contributed by atoms with E-state index in [9.17, 15) is 4.79 Å². The molecule has 1 heterocycles. The highest BCUT2D eigenvalue weighted by Gasteiger charge is 2.19. The van der Waals surface area contributed by atoms with Crippen molar-refractivity contribution in [2.24, 2.45) is 0 Å². The number of aromatic carboxylic acids is 1. The maximum atomic E-state index is 11.0. The summed E-state index contributed by atoms with van der Waals surface area (Å²) in [5, 5.41) is 14.7. The van der Waals surface area contributed by atoms with Gasteiger partial charge in [0.05, 0.1) is 34.1 Å². The molecule has 0 fully saturated rings. The Morgan fingerprint density at radius 2 is 1.61 bits per heavy atom. The van der Waals surface area contributed by atoms with Crippen molar-refractivity contribution >= 4 is 29.2 Å². The number of para-hydroxylation sites is 1. The fourth-order valence-electron chi connectivity index (χ4n) is 4.34. The number of carboxylic acids is 1. The van der Waals surface area contributed by atoms with Crippen molar-refractivity contribution in [3.63, 3.8) is 0 Å². The second kappa shape index (κ2) is 11.9. The Morgan fingerprint density at radius 1 is 0.947 bits per heavy atom. The van der Waals surface area contributed by atoms with Gasteiger partial charge in [0.15, 0.2) is 0 Å². The molecule has 38 heavy (non-hydrogen) atoms. The van der Waals surface area contributed by atoms with Gasteiger partial charge < -0.3 is 14.6 Å². The Bertz CT molecular complexity index is 1410. The topological polar surface area (TPSA) is 73.6 Å². The number of carboxylic acid groups (broad SMARTS) is 1. The number of halogens is 2. The van der Waals surface area contributed by atoms with E-state index < -0.39 is 5.97 Å². The van der Waals surface area contributed by atoms with Gasteiger partial charge in [-0.05, 0) is 78.1 Å². The van der Waals surface area contributed by atoms with Crippen LogP contribution in [0.2, 0.25) is 10.0 Å². The van der Waals surface area contributed by atoms with Crippen LogP contribution in [0.15, 0.2) is 66.9 Å². The van der Waals surface area contributed by atoms with Gasteiger partial charge in [-0.25, -0.2) is 9.48 Å². The lowest BCUT2D eigenvalue weighted by atomic mass is 9.97. The number of aryl methyl sites for hydroxylation is 1. The van der Waals surface area contributed by atoms with E-state index >= 15 is 0 Å². The molecule has 0 bridgehead atoms. The molecule has 6 nitrogen and oxygen atoms in total. The van der Waals surface area contributed by atoms with Gasteiger partial charge in [-0.15, -0.1) is 0 Å². The first-order chi connectivity index (χ1) is 18.2. The summed E-state index contributed by atoms with van der Waals surface area (Å²) in [5.74, 6) is 0.792. The second-order valence-corrected chi connectivity index (χ2v) is 10.3. The Morgan fingerprint density at radius 3 is 2.21 bits per heavy atom. The van der Waals surface area contributed by atoms with Crippen molar-refractivity contribution < 1.29 is 19.4 Å². The zero-order valence-electron chi connectivity index (χ0n) is 21.7. The molecule has 0 aliphatic rings. The van der Waals surface area contributed by atoms with Gasteiger partial charge in [0, 0.05) is 5.92 Å². The molecule has 198 valence electrons. The van der Waals surface area contributed by atoms with Crippen LogP contribution in [0, 0.1) is 6.92 Å². The van der Waals surface area contributed by atoms with Gasteiger partial charge in [-0.3, -0.25) is 0 Å². The molecule has 0 aliphatic carbocycles. The zero-order valence-corrected chi connectivity index (χ0v) is 23.3. The van der Waals surface area contributed by atoms with E-state index in [1.165, 1.54) is 12.1 Å². The van der Waals surface area contributed by atoms with Crippen LogP contribution in [0.25, 0.3) is 5.69 Å². The first kappa shape index (κ1) is 27.6. The number of ether oxygens (including phenoxy) is 2. The molecule has 4 rings (SSSR count). The highest BCUT2D eigenvalue weighted by Crippen LogP contribution is 2.32. The third-order valence-corrected chi connectivity index (χ3v) is 7.03. The number of benzene rings is 3. The summed E-state index contributed by atoms with van der Waals surface area (Å²) in [6.07, 6.45) is 1.84. The van der Waals surface area contributed by atoms with E-state index in [-0.39, 0.29) is 17.4 Å². The molecule has 1 N–H and O–H groups in total. The number of hydrogen-bond donors (Lipinski definition) is 1. The lowest BCUT2D eigenvalue weighted by Crippen LogP contribution is -2.10. The van der Waals surface area contributed by atoms with Crippen molar-refractivity contribution in [1.82, 2.24) is 9.78 Å².